The van der Waals surface area contributed by atoms with Gasteiger partial charge in [-0.05, 0) is 47.5 Å². The lowest BCUT2D eigenvalue weighted by Gasteiger charge is -2.05. The molecule has 22 heavy (non-hydrogen) atoms. The Labute approximate surface area is 127 Å². The number of pyridine rings is 1. The molecule has 4 nitrogen and oxygen atoms in total. The zero-order valence-corrected chi connectivity index (χ0v) is 11.8. The number of para-hydroxylation sites is 2. The zero-order valence-electron chi connectivity index (χ0n) is 11.8. The van der Waals surface area contributed by atoms with E-state index in [1.165, 1.54) is 0 Å². The van der Waals surface area contributed by atoms with Crippen molar-refractivity contribution >= 4 is 22.7 Å². The summed E-state index contributed by atoms with van der Waals surface area (Å²) in [5.41, 5.74) is 5.30. The summed E-state index contributed by atoms with van der Waals surface area (Å²) in [4.78, 5) is 11.8. The van der Waals surface area contributed by atoms with Gasteiger partial charge in [-0.3, -0.25) is 4.98 Å². The molecule has 4 heteroatoms. The maximum atomic E-state index is 4.51. The highest BCUT2D eigenvalue weighted by Crippen LogP contribution is 2.23. The fraction of sp³-hybridized carbons (Fsp3) is 0. The third-order valence-corrected chi connectivity index (χ3v) is 3.55. The molecule has 4 aromatic rings. The lowest BCUT2D eigenvalue weighted by Crippen LogP contribution is -1.91. The molecule has 0 spiro atoms. The Balaban J connectivity index is 1.58. The van der Waals surface area contributed by atoms with Crippen LogP contribution in [0.1, 0.15) is 0 Å². The zero-order chi connectivity index (χ0) is 14.8. The van der Waals surface area contributed by atoms with Crippen LogP contribution in [0, 0.1) is 0 Å². The quantitative estimate of drug-likeness (QED) is 0.588. The standard InChI is InChI=1S/C18H14N4/c1-2-4-17-16(3-1)21-18(22-17)20-15-7-5-13(6-8-15)14-9-11-19-12-10-14/h1-12H,(H2,20,21,22). The monoisotopic (exact) mass is 286 g/mol. The van der Waals surface area contributed by atoms with Crippen LogP contribution in [0.15, 0.2) is 73.1 Å². The predicted octanol–water partition coefficient (Wildman–Crippen LogP) is 4.37. The van der Waals surface area contributed by atoms with Crippen LogP contribution < -0.4 is 5.32 Å². The first-order valence-electron chi connectivity index (χ1n) is 7.11. The van der Waals surface area contributed by atoms with Gasteiger partial charge in [0, 0.05) is 18.1 Å². The van der Waals surface area contributed by atoms with Gasteiger partial charge in [-0.2, -0.15) is 0 Å². The van der Waals surface area contributed by atoms with E-state index in [4.69, 9.17) is 0 Å². The van der Waals surface area contributed by atoms with Crippen LogP contribution in [0.4, 0.5) is 11.6 Å². The molecule has 2 heterocycles. The second-order valence-corrected chi connectivity index (χ2v) is 5.04. The molecule has 0 atom stereocenters. The Hall–Kier alpha value is -3.14. The molecule has 0 aliphatic carbocycles. The number of anilines is 2. The van der Waals surface area contributed by atoms with E-state index >= 15 is 0 Å². The third kappa shape index (κ3) is 2.42. The number of fused-ring (bicyclic) bond motifs is 1. The van der Waals surface area contributed by atoms with E-state index in [1.54, 1.807) is 12.4 Å². The molecular formula is C18H14N4. The first-order chi connectivity index (χ1) is 10.9. The number of rotatable bonds is 3. The van der Waals surface area contributed by atoms with Crippen LogP contribution in [-0.4, -0.2) is 15.0 Å². The molecule has 0 saturated heterocycles. The summed E-state index contributed by atoms with van der Waals surface area (Å²) in [5.74, 6) is 0.748. The van der Waals surface area contributed by atoms with Crippen LogP contribution in [0.25, 0.3) is 22.2 Å². The minimum Gasteiger partial charge on any atom is -0.326 e. The number of aromatic nitrogens is 3. The summed E-state index contributed by atoms with van der Waals surface area (Å²) in [5, 5.41) is 3.29. The highest BCUT2D eigenvalue weighted by Gasteiger charge is 2.02. The topological polar surface area (TPSA) is 53.6 Å². The highest BCUT2D eigenvalue weighted by molar-refractivity contribution is 5.78. The number of hydrogen-bond donors (Lipinski definition) is 2. The molecule has 0 bridgehead atoms. The first-order valence-corrected chi connectivity index (χ1v) is 7.11. The molecule has 0 amide bonds. The van der Waals surface area contributed by atoms with Gasteiger partial charge in [-0.25, -0.2) is 4.98 Å². The first kappa shape index (κ1) is 12.6. The second-order valence-electron chi connectivity index (χ2n) is 5.04. The van der Waals surface area contributed by atoms with Gasteiger partial charge in [0.2, 0.25) is 5.95 Å². The summed E-state index contributed by atoms with van der Waals surface area (Å²) in [6, 6.07) is 20.2. The Morgan fingerprint density at radius 2 is 1.50 bits per heavy atom. The average molecular weight is 286 g/mol. The average Bonchev–Trinajstić information content (AvgIpc) is 2.98. The fourth-order valence-electron chi connectivity index (χ4n) is 2.44. The van der Waals surface area contributed by atoms with Crippen molar-refractivity contribution in [3.05, 3.63) is 73.1 Å². The molecule has 2 aromatic carbocycles. The van der Waals surface area contributed by atoms with E-state index in [0.29, 0.717) is 0 Å². The lowest BCUT2D eigenvalue weighted by atomic mass is 10.1. The van der Waals surface area contributed by atoms with Gasteiger partial charge >= 0.3 is 0 Å². The van der Waals surface area contributed by atoms with Gasteiger partial charge in [0.15, 0.2) is 0 Å². The molecule has 2 N–H and O–H groups in total. The molecule has 106 valence electrons. The van der Waals surface area contributed by atoms with Gasteiger partial charge in [0.05, 0.1) is 11.0 Å². The van der Waals surface area contributed by atoms with E-state index in [0.717, 1.165) is 33.8 Å². The minimum absolute atomic E-state index is 0.748. The number of benzene rings is 2. The SMILES string of the molecule is c1ccc2[nH]c(Nc3ccc(-c4ccncc4)cc3)nc2c1. The van der Waals surface area contributed by atoms with Gasteiger partial charge in [-0.1, -0.05) is 24.3 Å². The smallest absolute Gasteiger partial charge is 0.205 e. The molecule has 0 radical (unpaired) electrons. The van der Waals surface area contributed by atoms with Crippen molar-refractivity contribution < 1.29 is 0 Å². The Morgan fingerprint density at radius 3 is 2.27 bits per heavy atom. The Kier molecular flexibility index (Phi) is 3.05. The number of imidazole rings is 1. The van der Waals surface area contributed by atoms with Crippen molar-refractivity contribution in [2.75, 3.05) is 5.32 Å². The fourth-order valence-corrected chi connectivity index (χ4v) is 2.44. The Bertz CT molecular complexity index is 862. The lowest BCUT2D eigenvalue weighted by molar-refractivity contribution is 1.31. The van der Waals surface area contributed by atoms with E-state index in [-0.39, 0.29) is 0 Å². The van der Waals surface area contributed by atoms with Crippen LogP contribution in [0.2, 0.25) is 0 Å². The van der Waals surface area contributed by atoms with Gasteiger partial charge < -0.3 is 10.3 Å². The molecule has 0 fully saturated rings. The molecular weight excluding hydrogens is 272 g/mol. The van der Waals surface area contributed by atoms with Crippen LogP contribution in [-0.2, 0) is 0 Å². The maximum Gasteiger partial charge on any atom is 0.205 e. The molecule has 4 rings (SSSR count). The van der Waals surface area contributed by atoms with E-state index in [2.05, 4.69) is 32.4 Å². The summed E-state index contributed by atoms with van der Waals surface area (Å²) in [6.07, 6.45) is 3.60. The maximum absolute atomic E-state index is 4.51. The Morgan fingerprint density at radius 1 is 0.773 bits per heavy atom. The number of nitrogens with one attached hydrogen (secondary N) is 2. The normalized spacial score (nSPS) is 10.7. The van der Waals surface area contributed by atoms with Gasteiger partial charge in [-0.15, -0.1) is 0 Å². The van der Waals surface area contributed by atoms with Crippen molar-refractivity contribution in [1.29, 1.82) is 0 Å². The minimum atomic E-state index is 0.748. The van der Waals surface area contributed by atoms with Crippen molar-refractivity contribution in [3.8, 4) is 11.1 Å². The third-order valence-electron chi connectivity index (χ3n) is 3.55. The second kappa shape index (κ2) is 5.33. The highest BCUT2D eigenvalue weighted by atomic mass is 15.1. The number of nitrogens with zero attached hydrogens (tertiary/aromatic N) is 2. The van der Waals surface area contributed by atoms with Crippen LogP contribution in [0.3, 0.4) is 0 Å². The molecule has 2 aromatic heterocycles. The summed E-state index contributed by atoms with van der Waals surface area (Å²) in [6.45, 7) is 0. The van der Waals surface area contributed by atoms with Crippen LogP contribution in [0.5, 0.6) is 0 Å². The molecule has 0 saturated carbocycles. The van der Waals surface area contributed by atoms with Crippen molar-refractivity contribution in [2.24, 2.45) is 0 Å². The van der Waals surface area contributed by atoms with E-state index in [1.807, 2.05) is 48.5 Å². The van der Waals surface area contributed by atoms with Crippen molar-refractivity contribution in [1.82, 2.24) is 15.0 Å². The van der Waals surface area contributed by atoms with Crippen LogP contribution >= 0.6 is 0 Å². The number of hydrogen-bond acceptors (Lipinski definition) is 3. The number of aromatic amines is 1. The molecule has 0 aliphatic rings. The number of H-pyrrole nitrogens is 1. The van der Waals surface area contributed by atoms with Gasteiger partial charge in [0.25, 0.3) is 0 Å². The largest absolute Gasteiger partial charge is 0.326 e. The molecule has 0 unspecified atom stereocenters. The predicted molar refractivity (Wildman–Crippen MR) is 89.0 cm³/mol. The molecule has 0 aliphatic heterocycles. The van der Waals surface area contributed by atoms with Gasteiger partial charge in [0.1, 0.15) is 0 Å². The van der Waals surface area contributed by atoms with Crippen molar-refractivity contribution in [3.63, 3.8) is 0 Å². The van der Waals surface area contributed by atoms with E-state index in [9.17, 15) is 0 Å². The summed E-state index contributed by atoms with van der Waals surface area (Å²) in [7, 11) is 0. The van der Waals surface area contributed by atoms with E-state index < -0.39 is 0 Å². The summed E-state index contributed by atoms with van der Waals surface area (Å²) >= 11 is 0. The summed E-state index contributed by atoms with van der Waals surface area (Å²) < 4.78 is 0. The van der Waals surface area contributed by atoms with Crippen molar-refractivity contribution in [2.45, 2.75) is 0 Å².